The van der Waals surface area contributed by atoms with Crippen molar-refractivity contribution in [2.45, 2.75) is 25.9 Å². The highest BCUT2D eigenvalue weighted by molar-refractivity contribution is 5.91. The highest BCUT2D eigenvalue weighted by atomic mass is 16.6. The number of nitro groups is 1. The summed E-state index contributed by atoms with van der Waals surface area (Å²) in [5, 5.41) is 23.9. The maximum atomic E-state index is 12.2. The van der Waals surface area contributed by atoms with Gasteiger partial charge in [0.1, 0.15) is 11.5 Å². The van der Waals surface area contributed by atoms with E-state index in [9.17, 15) is 20.0 Å². The van der Waals surface area contributed by atoms with Gasteiger partial charge in [-0.2, -0.15) is 0 Å². The molecule has 0 radical (unpaired) electrons. The molecule has 1 atom stereocenters. The summed E-state index contributed by atoms with van der Waals surface area (Å²) in [6, 6.07) is 9.31. The zero-order chi connectivity index (χ0) is 20.0. The number of nitro benzene ring substituents is 1. The third kappa shape index (κ3) is 5.18. The Balaban J connectivity index is 2.01. The number of benzene rings is 2. The fourth-order valence-corrected chi connectivity index (χ4v) is 2.59. The summed E-state index contributed by atoms with van der Waals surface area (Å²) in [4.78, 5) is 22.5. The molecule has 0 aliphatic carbocycles. The molecule has 8 heteroatoms. The molecule has 0 fully saturated rings. The van der Waals surface area contributed by atoms with Gasteiger partial charge in [-0.25, -0.2) is 0 Å². The lowest BCUT2D eigenvalue weighted by molar-refractivity contribution is -0.384. The Hall–Kier alpha value is -3.13. The summed E-state index contributed by atoms with van der Waals surface area (Å²) in [6.45, 7) is 1.75. The quantitative estimate of drug-likeness (QED) is 0.541. The van der Waals surface area contributed by atoms with Gasteiger partial charge < -0.3 is 19.9 Å². The van der Waals surface area contributed by atoms with Crippen molar-refractivity contribution in [3.63, 3.8) is 0 Å². The number of amides is 1. The van der Waals surface area contributed by atoms with Crippen molar-refractivity contribution in [2.24, 2.45) is 0 Å². The maximum absolute atomic E-state index is 12.2. The number of carbonyl (C=O) groups is 1. The van der Waals surface area contributed by atoms with Crippen molar-refractivity contribution in [1.29, 1.82) is 0 Å². The van der Waals surface area contributed by atoms with Crippen LogP contribution in [0.2, 0.25) is 0 Å². The molecule has 2 aromatic carbocycles. The number of aryl methyl sites for hydroxylation is 1. The normalized spacial score (nSPS) is 11.6. The number of hydrogen-bond acceptors (Lipinski definition) is 6. The number of non-ortho nitro benzene ring substituents is 1. The van der Waals surface area contributed by atoms with E-state index in [1.165, 1.54) is 26.4 Å². The van der Waals surface area contributed by atoms with Gasteiger partial charge in [0.2, 0.25) is 5.91 Å². The first-order valence-electron chi connectivity index (χ1n) is 8.30. The second kappa shape index (κ2) is 9.00. The number of nitrogens with one attached hydrogen (secondary N) is 1. The van der Waals surface area contributed by atoms with Gasteiger partial charge >= 0.3 is 0 Å². The number of anilines is 1. The Morgan fingerprint density at radius 3 is 2.59 bits per heavy atom. The van der Waals surface area contributed by atoms with Crippen LogP contribution >= 0.6 is 0 Å². The monoisotopic (exact) mass is 374 g/mol. The van der Waals surface area contributed by atoms with Crippen molar-refractivity contribution in [3.05, 3.63) is 57.6 Å². The summed E-state index contributed by atoms with van der Waals surface area (Å²) in [5.41, 5.74) is 1.55. The van der Waals surface area contributed by atoms with E-state index in [0.29, 0.717) is 28.3 Å². The number of aliphatic hydroxyl groups is 1. The van der Waals surface area contributed by atoms with E-state index in [1.54, 1.807) is 31.2 Å². The molecule has 8 nitrogen and oxygen atoms in total. The second-order valence-electron chi connectivity index (χ2n) is 5.97. The maximum Gasteiger partial charge on any atom is 0.271 e. The summed E-state index contributed by atoms with van der Waals surface area (Å²) in [6.07, 6.45) is -0.691. The zero-order valence-electron chi connectivity index (χ0n) is 15.4. The smallest absolute Gasteiger partial charge is 0.271 e. The number of aliphatic hydroxyl groups excluding tert-OH is 1. The van der Waals surface area contributed by atoms with Gasteiger partial charge in [0.25, 0.3) is 5.69 Å². The van der Waals surface area contributed by atoms with Crippen molar-refractivity contribution in [3.8, 4) is 11.5 Å². The SMILES string of the molecule is COc1ccc(C(O)CCC(=O)Nc2cc([N+](=O)[O-])ccc2C)c(OC)c1. The Morgan fingerprint density at radius 2 is 1.96 bits per heavy atom. The van der Waals surface area contributed by atoms with Crippen molar-refractivity contribution in [2.75, 3.05) is 19.5 Å². The molecule has 0 bridgehead atoms. The van der Waals surface area contributed by atoms with Gasteiger partial charge in [-0.15, -0.1) is 0 Å². The van der Waals surface area contributed by atoms with Crippen LogP contribution in [-0.2, 0) is 4.79 Å². The lowest BCUT2D eigenvalue weighted by Gasteiger charge is -2.16. The molecule has 2 N–H and O–H groups in total. The van der Waals surface area contributed by atoms with Crippen LogP contribution in [0.1, 0.15) is 30.1 Å². The molecule has 2 rings (SSSR count). The minimum Gasteiger partial charge on any atom is -0.497 e. The molecule has 0 aromatic heterocycles. The summed E-state index contributed by atoms with van der Waals surface area (Å²) in [7, 11) is 3.02. The van der Waals surface area contributed by atoms with Crippen molar-refractivity contribution >= 4 is 17.3 Å². The first-order chi connectivity index (χ1) is 12.8. The Morgan fingerprint density at radius 1 is 1.22 bits per heavy atom. The lowest BCUT2D eigenvalue weighted by atomic mass is 10.0. The lowest BCUT2D eigenvalue weighted by Crippen LogP contribution is -2.14. The number of ether oxygens (including phenoxy) is 2. The van der Waals surface area contributed by atoms with Crippen LogP contribution in [0.25, 0.3) is 0 Å². The number of nitrogens with zero attached hydrogens (tertiary/aromatic N) is 1. The van der Waals surface area contributed by atoms with E-state index in [0.717, 1.165) is 0 Å². The van der Waals surface area contributed by atoms with E-state index in [-0.39, 0.29) is 24.4 Å². The molecule has 1 unspecified atom stereocenters. The molecule has 0 saturated carbocycles. The van der Waals surface area contributed by atoms with Crippen molar-refractivity contribution in [1.82, 2.24) is 0 Å². The fraction of sp³-hybridized carbons (Fsp3) is 0.316. The van der Waals surface area contributed by atoms with Gasteiger partial charge in [0.15, 0.2) is 0 Å². The van der Waals surface area contributed by atoms with Gasteiger partial charge in [-0.1, -0.05) is 6.07 Å². The van der Waals surface area contributed by atoms with E-state index in [2.05, 4.69) is 5.32 Å². The second-order valence-corrected chi connectivity index (χ2v) is 5.97. The zero-order valence-corrected chi connectivity index (χ0v) is 15.4. The molecule has 0 aliphatic rings. The predicted octanol–water partition coefficient (Wildman–Crippen LogP) is 3.37. The Kier molecular flexibility index (Phi) is 6.73. The molecule has 1 amide bonds. The van der Waals surface area contributed by atoms with Crippen LogP contribution < -0.4 is 14.8 Å². The van der Waals surface area contributed by atoms with Crippen molar-refractivity contribution < 1.29 is 24.3 Å². The molecule has 0 aliphatic heterocycles. The van der Waals surface area contributed by atoms with Gasteiger partial charge in [0.05, 0.1) is 30.9 Å². The first-order valence-corrected chi connectivity index (χ1v) is 8.30. The van der Waals surface area contributed by atoms with Crippen LogP contribution in [-0.4, -0.2) is 30.2 Å². The van der Waals surface area contributed by atoms with Crippen LogP contribution in [0.4, 0.5) is 11.4 Å². The van der Waals surface area contributed by atoms with E-state index in [4.69, 9.17) is 9.47 Å². The summed E-state index contributed by atoms with van der Waals surface area (Å²) in [5.74, 6) is 0.726. The van der Waals surface area contributed by atoms with Crippen LogP contribution in [0, 0.1) is 17.0 Å². The third-order valence-corrected chi connectivity index (χ3v) is 4.15. The van der Waals surface area contributed by atoms with E-state index >= 15 is 0 Å². The summed E-state index contributed by atoms with van der Waals surface area (Å²) < 4.78 is 10.4. The third-order valence-electron chi connectivity index (χ3n) is 4.15. The first kappa shape index (κ1) is 20.2. The number of hydrogen-bond donors (Lipinski definition) is 2. The Bertz CT molecular complexity index is 837. The molecule has 2 aromatic rings. The molecule has 0 saturated heterocycles. The standard InChI is InChI=1S/C19H22N2O6/c1-12-4-5-13(21(24)25)10-16(12)20-19(23)9-8-17(22)15-7-6-14(26-2)11-18(15)27-3/h4-7,10-11,17,22H,8-9H2,1-3H3,(H,20,23). The Labute approximate surface area is 156 Å². The van der Waals surface area contributed by atoms with E-state index < -0.39 is 11.0 Å². The van der Waals surface area contributed by atoms with Gasteiger partial charge in [-0.3, -0.25) is 14.9 Å². The summed E-state index contributed by atoms with van der Waals surface area (Å²) >= 11 is 0. The minimum atomic E-state index is -0.900. The average Bonchev–Trinajstić information content (AvgIpc) is 2.67. The van der Waals surface area contributed by atoms with Gasteiger partial charge in [0, 0.05) is 30.2 Å². The molecule has 0 spiro atoms. The molecule has 144 valence electrons. The van der Waals surface area contributed by atoms with Crippen LogP contribution in [0.15, 0.2) is 36.4 Å². The molecular weight excluding hydrogens is 352 g/mol. The van der Waals surface area contributed by atoms with Crippen LogP contribution in [0.3, 0.4) is 0 Å². The highest BCUT2D eigenvalue weighted by Crippen LogP contribution is 2.31. The molecular formula is C19H22N2O6. The number of methoxy groups -OCH3 is 2. The predicted molar refractivity (Wildman–Crippen MR) is 100 cm³/mol. The minimum absolute atomic E-state index is 0.0402. The van der Waals surface area contributed by atoms with Crippen LogP contribution in [0.5, 0.6) is 11.5 Å². The topological polar surface area (TPSA) is 111 Å². The molecule has 0 heterocycles. The van der Waals surface area contributed by atoms with Gasteiger partial charge in [-0.05, 0) is 31.0 Å². The largest absolute Gasteiger partial charge is 0.497 e. The fourth-order valence-electron chi connectivity index (χ4n) is 2.59. The number of carbonyl (C=O) groups excluding carboxylic acids is 1. The molecule has 27 heavy (non-hydrogen) atoms. The highest BCUT2D eigenvalue weighted by Gasteiger charge is 2.17. The van der Waals surface area contributed by atoms with E-state index in [1.807, 2.05) is 0 Å². The average molecular weight is 374 g/mol. The number of rotatable bonds is 8.